The summed E-state index contributed by atoms with van der Waals surface area (Å²) in [6, 6.07) is 14.8. The summed E-state index contributed by atoms with van der Waals surface area (Å²) in [7, 11) is -4.26. The van der Waals surface area contributed by atoms with Gasteiger partial charge in [0.15, 0.2) is 0 Å². The summed E-state index contributed by atoms with van der Waals surface area (Å²) in [5.74, 6) is 0.00431. The Kier molecular flexibility index (Phi) is 5.97. The molecule has 0 saturated carbocycles. The molecule has 0 bridgehead atoms. The zero-order chi connectivity index (χ0) is 17.3. The molecular formula is C17H15N2NaO4S. The van der Waals surface area contributed by atoms with Gasteiger partial charge in [-0.25, -0.2) is 0 Å². The van der Waals surface area contributed by atoms with E-state index in [4.69, 9.17) is 4.55 Å². The van der Waals surface area contributed by atoms with Gasteiger partial charge in [-0.05, 0) is 42.1 Å². The van der Waals surface area contributed by atoms with Crippen LogP contribution in [0.3, 0.4) is 0 Å². The van der Waals surface area contributed by atoms with Crippen molar-refractivity contribution in [2.45, 2.75) is 11.8 Å². The number of fused-ring (bicyclic) bond motifs is 1. The number of phenolic OH excluding ortho intramolecular Hbond substituents is 1. The Labute approximate surface area is 167 Å². The van der Waals surface area contributed by atoms with Gasteiger partial charge in [0.1, 0.15) is 11.4 Å². The molecule has 0 fully saturated rings. The van der Waals surface area contributed by atoms with Crippen LogP contribution in [0, 0.1) is 6.92 Å². The fraction of sp³-hybridized carbons (Fsp3) is 0.0588. The molecule has 0 unspecified atom stereocenters. The van der Waals surface area contributed by atoms with Crippen LogP contribution in [0.5, 0.6) is 5.75 Å². The van der Waals surface area contributed by atoms with E-state index in [9.17, 15) is 13.5 Å². The van der Waals surface area contributed by atoms with Crippen molar-refractivity contribution in [3.63, 3.8) is 0 Å². The van der Waals surface area contributed by atoms with Gasteiger partial charge in [0.25, 0.3) is 10.1 Å². The molecule has 2 N–H and O–H groups in total. The molecular weight excluding hydrogens is 351 g/mol. The van der Waals surface area contributed by atoms with Crippen LogP contribution in [0.4, 0.5) is 11.4 Å². The maximum absolute atomic E-state index is 11.1. The van der Waals surface area contributed by atoms with E-state index in [1.807, 2.05) is 24.3 Å². The molecule has 0 aliphatic carbocycles. The maximum atomic E-state index is 11.1. The monoisotopic (exact) mass is 366 g/mol. The second kappa shape index (κ2) is 7.63. The molecule has 0 amide bonds. The number of azo groups is 1. The zero-order valence-electron chi connectivity index (χ0n) is 12.7. The van der Waals surface area contributed by atoms with Gasteiger partial charge in [0, 0.05) is 5.39 Å². The minimum atomic E-state index is -4.26. The van der Waals surface area contributed by atoms with Gasteiger partial charge in [-0.3, -0.25) is 4.55 Å². The third-order valence-electron chi connectivity index (χ3n) is 3.60. The Hall–Kier alpha value is -1.77. The van der Waals surface area contributed by atoms with E-state index in [0.29, 0.717) is 16.9 Å². The fourth-order valence-corrected chi connectivity index (χ4v) is 2.92. The SMILES string of the molecule is Cc1cc(S(=O)(=O)O)ccc1/N=N/c1c(O)ccc2ccccc12.[NaH]. The Morgan fingerprint density at radius 2 is 1.68 bits per heavy atom. The van der Waals surface area contributed by atoms with E-state index in [-0.39, 0.29) is 40.2 Å². The molecule has 0 aromatic heterocycles. The third-order valence-corrected chi connectivity index (χ3v) is 4.45. The Morgan fingerprint density at radius 1 is 0.960 bits per heavy atom. The Balaban J connectivity index is 0.00000225. The summed E-state index contributed by atoms with van der Waals surface area (Å²) in [6.07, 6.45) is 0. The molecule has 6 nitrogen and oxygen atoms in total. The number of benzene rings is 3. The molecule has 0 atom stereocenters. The van der Waals surface area contributed by atoms with Crippen LogP contribution < -0.4 is 0 Å². The van der Waals surface area contributed by atoms with Crippen LogP contribution in [0.2, 0.25) is 0 Å². The molecule has 3 aromatic rings. The van der Waals surface area contributed by atoms with Crippen molar-refractivity contribution in [2.75, 3.05) is 0 Å². The van der Waals surface area contributed by atoms with Crippen molar-refractivity contribution in [3.05, 3.63) is 60.2 Å². The molecule has 0 heterocycles. The van der Waals surface area contributed by atoms with Gasteiger partial charge in [0.2, 0.25) is 0 Å². The first-order valence-corrected chi connectivity index (χ1v) is 8.51. The van der Waals surface area contributed by atoms with Crippen LogP contribution in [0.25, 0.3) is 10.8 Å². The normalized spacial score (nSPS) is 11.6. The molecule has 0 saturated heterocycles. The Bertz CT molecular complexity index is 1070. The number of phenols is 1. The molecule has 0 spiro atoms. The molecule has 25 heavy (non-hydrogen) atoms. The van der Waals surface area contributed by atoms with Gasteiger partial charge in [0.05, 0.1) is 10.6 Å². The van der Waals surface area contributed by atoms with Crippen LogP contribution in [0.1, 0.15) is 5.56 Å². The van der Waals surface area contributed by atoms with Gasteiger partial charge >= 0.3 is 29.6 Å². The van der Waals surface area contributed by atoms with Crippen molar-refractivity contribution in [1.29, 1.82) is 0 Å². The van der Waals surface area contributed by atoms with Crippen molar-refractivity contribution < 1.29 is 18.1 Å². The summed E-state index contributed by atoms with van der Waals surface area (Å²) in [6.45, 7) is 1.66. The van der Waals surface area contributed by atoms with Gasteiger partial charge < -0.3 is 5.11 Å². The van der Waals surface area contributed by atoms with Crippen molar-refractivity contribution in [2.24, 2.45) is 10.2 Å². The number of aryl methyl sites for hydroxylation is 1. The fourth-order valence-electron chi connectivity index (χ4n) is 2.35. The summed E-state index contributed by atoms with van der Waals surface area (Å²) < 4.78 is 31.3. The van der Waals surface area contributed by atoms with Crippen LogP contribution in [0.15, 0.2) is 69.7 Å². The first kappa shape index (κ1) is 19.6. The molecule has 3 rings (SSSR count). The van der Waals surface area contributed by atoms with Crippen LogP contribution >= 0.6 is 0 Å². The molecule has 0 aliphatic rings. The van der Waals surface area contributed by atoms with Crippen LogP contribution in [-0.4, -0.2) is 47.6 Å². The Morgan fingerprint density at radius 3 is 2.36 bits per heavy atom. The van der Waals surface area contributed by atoms with E-state index in [0.717, 1.165) is 10.8 Å². The van der Waals surface area contributed by atoms with E-state index in [1.54, 1.807) is 19.1 Å². The predicted octanol–water partition coefficient (Wildman–Crippen LogP) is 3.87. The number of hydrogen-bond acceptors (Lipinski definition) is 5. The standard InChI is InChI=1S/C17H14N2O4S.Na.H/c1-11-10-13(24(21,22)23)7-8-15(11)18-19-17-14-5-3-2-4-12(14)6-9-16(17)20;;/h2-10,20H,1H3,(H,21,22,23);;/b19-18+;;. The number of rotatable bonds is 3. The summed E-state index contributed by atoms with van der Waals surface area (Å²) >= 11 is 0. The van der Waals surface area contributed by atoms with Crippen molar-refractivity contribution in [1.82, 2.24) is 0 Å². The summed E-state index contributed by atoms with van der Waals surface area (Å²) in [5.41, 5.74) is 1.31. The first-order valence-electron chi connectivity index (χ1n) is 7.07. The van der Waals surface area contributed by atoms with E-state index < -0.39 is 10.1 Å². The zero-order valence-corrected chi connectivity index (χ0v) is 13.5. The predicted molar refractivity (Wildman–Crippen MR) is 97.9 cm³/mol. The molecule has 0 radical (unpaired) electrons. The second-order valence-electron chi connectivity index (χ2n) is 5.28. The van der Waals surface area contributed by atoms with Gasteiger partial charge in [-0.1, -0.05) is 30.3 Å². The molecule has 8 heteroatoms. The van der Waals surface area contributed by atoms with E-state index in [1.165, 1.54) is 18.2 Å². The quantitative estimate of drug-likeness (QED) is 0.417. The molecule has 3 aromatic carbocycles. The van der Waals surface area contributed by atoms with Crippen molar-refractivity contribution >= 4 is 61.8 Å². The number of aromatic hydroxyl groups is 1. The third kappa shape index (κ3) is 4.26. The first-order chi connectivity index (χ1) is 11.4. The summed E-state index contributed by atoms with van der Waals surface area (Å²) in [5, 5.41) is 19.9. The van der Waals surface area contributed by atoms with Gasteiger partial charge in [-0.15, -0.1) is 5.11 Å². The topological polar surface area (TPSA) is 99.3 Å². The molecule has 124 valence electrons. The van der Waals surface area contributed by atoms with Crippen LogP contribution in [-0.2, 0) is 10.1 Å². The number of hydrogen-bond donors (Lipinski definition) is 2. The van der Waals surface area contributed by atoms with Crippen molar-refractivity contribution in [3.8, 4) is 5.75 Å². The number of nitrogens with zero attached hydrogens (tertiary/aromatic N) is 2. The second-order valence-corrected chi connectivity index (χ2v) is 6.70. The summed E-state index contributed by atoms with van der Waals surface area (Å²) in [4.78, 5) is -0.202. The molecule has 0 aliphatic heterocycles. The minimum absolute atomic E-state index is 0. The van der Waals surface area contributed by atoms with Gasteiger partial charge in [-0.2, -0.15) is 13.5 Å². The van der Waals surface area contributed by atoms with E-state index >= 15 is 0 Å². The average molecular weight is 366 g/mol. The average Bonchev–Trinajstić information content (AvgIpc) is 2.54. The van der Waals surface area contributed by atoms with E-state index in [2.05, 4.69) is 10.2 Å².